The van der Waals surface area contributed by atoms with Gasteiger partial charge in [0.25, 0.3) is 5.97 Å². The number of hydrogen-bond donors (Lipinski definition) is 0. The van der Waals surface area contributed by atoms with Crippen LogP contribution in [0.4, 0.5) is 0 Å². The Morgan fingerprint density at radius 2 is 1.11 bits per heavy atom. The van der Waals surface area contributed by atoms with Crippen LogP contribution in [0.2, 0.25) is 0 Å². The van der Waals surface area contributed by atoms with E-state index in [9.17, 15) is 0 Å². The highest BCUT2D eigenvalue weighted by atomic mass is 31.1. The maximum atomic E-state index is 6.14. The summed E-state index contributed by atoms with van der Waals surface area (Å²) in [4.78, 5) is 0. The molecular weight excluding hydrogens is 355 g/mol. The lowest BCUT2D eigenvalue weighted by Crippen LogP contribution is -2.47. The van der Waals surface area contributed by atoms with E-state index in [1.807, 2.05) is 20.8 Å². The van der Waals surface area contributed by atoms with Crippen LogP contribution in [0.15, 0.2) is 0 Å². The molecule has 0 spiro atoms. The summed E-state index contributed by atoms with van der Waals surface area (Å²) in [6.45, 7) is 15.0. The molecule has 0 rings (SSSR count). The zero-order valence-electron chi connectivity index (χ0n) is 19.4. The first kappa shape index (κ1) is 27.3. The fourth-order valence-electron chi connectivity index (χ4n) is 3.85. The van der Waals surface area contributed by atoms with Gasteiger partial charge in [0, 0.05) is 25.7 Å². The lowest BCUT2D eigenvalue weighted by Gasteiger charge is -2.39. The Morgan fingerprint density at radius 3 is 1.59 bits per heavy atom. The lowest BCUT2D eigenvalue weighted by atomic mass is 9.93. The number of unbranched alkanes of at least 4 members (excludes halogenated alkanes) is 5. The molecule has 0 fully saturated rings. The van der Waals surface area contributed by atoms with E-state index >= 15 is 0 Å². The van der Waals surface area contributed by atoms with Gasteiger partial charge in [-0.1, -0.05) is 59.3 Å². The summed E-state index contributed by atoms with van der Waals surface area (Å²) in [5.74, 6) is -0.517. The van der Waals surface area contributed by atoms with Gasteiger partial charge in [0.15, 0.2) is 0 Å². The van der Waals surface area contributed by atoms with Gasteiger partial charge >= 0.3 is 0 Å². The molecule has 0 aromatic carbocycles. The summed E-state index contributed by atoms with van der Waals surface area (Å²) in [7, 11) is 0.208. The smallest absolute Gasteiger partial charge is 0.285 e. The Balaban J connectivity index is 4.91. The van der Waals surface area contributed by atoms with Crippen LogP contribution in [-0.2, 0) is 14.2 Å². The van der Waals surface area contributed by atoms with Crippen LogP contribution in [0.1, 0.15) is 99.3 Å². The van der Waals surface area contributed by atoms with Crippen molar-refractivity contribution >= 4 is 7.92 Å². The Labute approximate surface area is 172 Å². The molecule has 0 aliphatic rings. The van der Waals surface area contributed by atoms with E-state index in [1.54, 1.807) is 0 Å². The first-order valence-electron chi connectivity index (χ1n) is 11.8. The third-order valence-corrected chi connectivity index (χ3v) is 8.10. The minimum atomic E-state index is -0.844. The van der Waals surface area contributed by atoms with Crippen molar-refractivity contribution in [2.24, 2.45) is 5.92 Å². The van der Waals surface area contributed by atoms with Crippen LogP contribution < -0.4 is 0 Å². The quantitative estimate of drug-likeness (QED) is 0.120. The molecule has 0 radical (unpaired) electrons. The first-order valence-corrected chi connectivity index (χ1v) is 13.7. The number of rotatable bonds is 20. The van der Waals surface area contributed by atoms with E-state index in [1.165, 1.54) is 63.4 Å². The molecular formula is C23H49O3P. The summed E-state index contributed by atoms with van der Waals surface area (Å²) >= 11 is 0. The van der Waals surface area contributed by atoms with Crippen molar-refractivity contribution in [1.82, 2.24) is 0 Å². The molecule has 0 aliphatic carbocycles. The van der Waals surface area contributed by atoms with E-state index in [0.29, 0.717) is 25.7 Å². The molecule has 0 aliphatic heterocycles. The van der Waals surface area contributed by atoms with Gasteiger partial charge in [0.2, 0.25) is 0 Å². The van der Waals surface area contributed by atoms with Gasteiger partial charge in [-0.15, -0.1) is 7.92 Å². The van der Waals surface area contributed by atoms with Gasteiger partial charge in [-0.25, -0.2) is 0 Å². The molecule has 0 amide bonds. The van der Waals surface area contributed by atoms with Crippen molar-refractivity contribution in [3.05, 3.63) is 0 Å². The Kier molecular flexibility index (Phi) is 18.6. The standard InChI is InChI=1S/C23H49O3P/c1-7-13-14-15-16-17-19-22(20-18-21-27(11-5)12-6)23(24-8-2,25-9-3)26-10-4/h22H,7-21H2,1-6H3. The molecule has 1 unspecified atom stereocenters. The molecule has 0 saturated heterocycles. The van der Waals surface area contributed by atoms with Gasteiger partial charge in [0.05, 0.1) is 0 Å². The average molecular weight is 405 g/mol. The summed E-state index contributed by atoms with van der Waals surface area (Å²) in [5.41, 5.74) is 0. The Morgan fingerprint density at radius 1 is 0.630 bits per heavy atom. The fraction of sp³-hybridized carbons (Fsp3) is 1.00. The SMILES string of the molecule is CCCCCCCCC(CCCP(CC)CC)C(OCC)(OCC)OCC. The van der Waals surface area contributed by atoms with Crippen molar-refractivity contribution < 1.29 is 14.2 Å². The summed E-state index contributed by atoms with van der Waals surface area (Å²) in [6, 6.07) is 0. The molecule has 0 N–H and O–H groups in total. The molecule has 0 bridgehead atoms. The zero-order valence-corrected chi connectivity index (χ0v) is 20.3. The zero-order chi connectivity index (χ0) is 20.4. The van der Waals surface area contributed by atoms with Crippen molar-refractivity contribution in [2.75, 3.05) is 38.3 Å². The van der Waals surface area contributed by atoms with E-state index in [0.717, 1.165) is 12.8 Å². The predicted octanol–water partition coefficient (Wildman–Crippen LogP) is 7.42. The second kappa shape index (κ2) is 18.3. The molecule has 0 aromatic heterocycles. The van der Waals surface area contributed by atoms with Crippen molar-refractivity contribution in [3.8, 4) is 0 Å². The second-order valence-electron chi connectivity index (χ2n) is 7.33. The van der Waals surface area contributed by atoms with Gasteiger partial charge < -0.3 is 14.2 Å². The molecule has 0 saturated carbocycles. The van der Waals surface area contributed by atoms with Gasteiger partial charge in [-0.05, 0) is 58.5 Å². The number of ether oxygens (including phenoxy) is 3. The average Bonchev–Trinajstić information content (AvgIpc) is 2.66. The van der Waals surface area contributed by atoms with Crippen molar-refractivity contribution in [3.63, 3.8) is 0 Å². The van der Waals surface area contributed by atoms with Gasteiger partial charge in [-0.3, -0.25) is 0 Å². The van der Waals surface area contributed by atoms with Crippen molar-refractivity contribution in [2.45, 2.75) is 105 Å². The molecule has 0 heterocycles. The maximum absolute atomic E-state index is 6.14. The monoisotopic (exact) mass is 404 g/mol. The third kappa shape index (κ3) is 11.8. The minimum Gasteiger partial charge on any atom is -0.328 e. The van der Waals surface area contributed by atoms with E-state index in [4.69, 9.17) is 14.2 Å². The number of hydrogen-bond acceptors (Lipinski definition) is 3. The Hall–Kier alpha value is 0.310. The topological polar surface area (TPSA) is 27.7 Å². The summed E-state index contributed by atoms with van der Waals surface area (Å²) in [5, 5.41) is 0. The van der Waals surface area contributed by atoms with Crippen LogP contribution in [0.5, 0.6) is 0 Å². The van der Waals surface area contributed by atoms with E-state index in [-0.39, 0.29) is 7.92 Å². The Bertz CT molecular complexity index is 291. The molecule has 0 aromatic rings. The highest BCUT2D eigenvalue weighted by molar-refractivity contribution is 7.57. The highest BCUT2D eigenvalue weighted by Gasteiger charge is 2.41. The molecule has 1 atom stereocenters. The highest BCUT2D eigenvalue weighted by Crippen LogP contribution is 2.39. The fourth-order valence-corrected chi connectivity index (χ4v) is 5.56. The second-order valence-corrected chi connectivity index (χ2v) is 10.4. The molecule has 4 heteroatoms. The predicted molar refractivity (Wildman–Crippen MR) is 121 cm³/mol. The summed E-state index contributed by atoms with van der Waals surface area (Å²) in [6.07, 6.45) is 15.6. The summed E-state index contributed by atoms with van der Waals surface area (Å²) < 4.78 is 18.4. The third-order valence-electron chi connectivity index (χ3n) is 5.36. The van der Waals surface area contributed by atoms with E-state index < -0.39 is 5.97 Å². The normalized spacial score (nSPS) is 13.4. The molecule has 27 heavy (non-hydrogen) atoms. The minimum absolute atomic E-state index is 0.208. The molecule has 164 valence electrons. The van der Waals surface area contributed by atoms with Gasteiger partial charge in [-0.2, -0.15) is 0 Å². The molecule has 3 nitrogen and oxygen atoms in total. The van der Waals surface area contributed by atoms with Crippen LogP contribution >= 0.6 is 7.92 Å². The van der Waals surface area contributed by atoms with Crippen LogP contribution in [-0.4, -0.2) is 44.3 Å². The van der Waals surface area contributed by atoms with Crippen LogP contribution in [0, 0.1) is 5.92 Å². The largest absolute Gasteiger partial charge is 0.328 e. The van der Waals surface area contributed by atoms with E-state index in [2.05, 4.69) is 20.8 Å². The van der Waals surface area contributed by atoms with Crippen LogP contribution in [0.25, 0.3) is 0 Å². The first-order chi connectivity index (χ1) is 13.1. The van der Waals surface area contributed by atoms with Crippen molar-refractivity contribution in [1.29, 1.82) is 0 Å². The van der Waals surface area contributed by atoms with Crippen LogP contribution in [0.3, 0.4) is 0 Å². The lowest BCUT2D eigenvalue weighted by molar-refractivity contribution is -0.403. The van der Waals surface area contributed by atoms with Gasteiger partial charge in [0.1, 0.15) is 0 Å². The maximum Gasteiger partial charge on any atom is 0.285 e.